The van der Waals surface area contributed by atoms with Crippen LogP contribution in [0.25, 0.3) is 0 Å². The lowest BCUT2D eigenvalue weighted by molar-refractivity contribution is 0.205. The second kappa shape index (κ2) is 9.03. The van der Waals surface area contributed by atoms with E-state index in [0.29, 0.717) is 5.82 Å². The van der Waals surface area contributed by atoms with Crippen molar-refractivity contribution in [1.82, 2.24) is 14.5 Å². The van der Waals surface area contributed by atoms with Gasteiger partial charge in [-0.3, -0.25) is 4.90 Å². The van der Waals surface area contributed by atoms with E-state index in [1.165, 1.54) is 10.5 Å². The number of aliphatic hydroxyl groups excluding tert-OH is 1. The Hall–Kier alpha value is -2.28. The first-order valence-corrected chi connectivity index (χ1v) is 11.2. The summed E-state index contributed by atoms with van der Waals surface area (Å²) < 4.78 is 1.88. The number of anilines is 1. The van der Waals surface area contributed by atoms with Gasteiger partial charge in [-0.25, -0.2) is 4.98 Å². The van der Waals surface area contributed by atoms with Gasteiger partial charge in [0.25, 0.3) is 0 Å². The highest BCUT2D eigenvalue weighted by Crippen LogP contribution is 2.30. The van der Waals surface area contributed by atoms with Crippen LogP contribution in [0.15, 0.2) is 65.8 Å². The van der Waals surface area contributed by atoms with Crippen molar-refractivity contribution in [3.63, 3.8) is 0 Å². The molecule has 5 nitrogen and oxygen atoms in total. The quantitative estimate of drug-likeness (QED) is 0.632. The van der Waals surface area contributed by atoms with Crippen molar-refractivity contribution < 1.29 is 5.11 Å². The molecule has 1 aliphatic heterocycles. The van der Waals surface area contributed by atoms with Crippen molar-refractivity contribution in [2.24, 2.45) is 7.05 Å². The standard InChI is InChI=1S/C23H28N4OS/c1-25-12-11-24-23(25)22(28)20-5-3-4-6-21(20)27-15-13-26(14-16-27)17-18-7-9-19(29-2)10-8-18/h3-12,22,28H,13-17H2,1-2H3/t22-/m1/s1. The topological polar surface area (TPSA) is 44.5 Å². The number of rotatable bonds is 6. The highest BCUT2D eigenvalue weighted by atomic mass is 32.2. The molecule has 6 heteroatoms. The maximum atomic E-state index is 10.9. The molecule has 0 radical (unpaired) electrons. The largest absolute Gasteiger partial charge is 0.380 e. The molecule has 0 unspecified atom stereocenters. The van der Waals surface area contributed by atoms with E-state index in [2.05, 4.69) is 51.4 Å². The van der Waals surface area contributed by atoms with Crippen LogP contribution in [-0.2, 0) is 13.6 Å². The third-order valence-corrected chi connectivity index (χ3v) is 6.36. The number of aliphatic hydroxyl groups is 1. The van der Waals surface area contributed by atoms with Gasteiger partial charge >= 0.3 is 0 Å². The number of hydrogen-bond donors (Lipinski definition) is 1. The smallest absolute Gasteiger partial charge is 0.142 e. The molecule has 3 aromatic rings. The summed E-state index contributed by atoms with van der Waals surface area (Å²) in [5, 5.41) is 10.9. The number of aromatic nitrogens is 2. The van der Waals surface area contributed by atoms with Crippen LogP contribution in [0.1, 0.15) is 23.1 Å². The first-order valence-electron chi connectivity index (χ1n) is 10.00. The van der Waals surface area contributed by atoms with Crippen molar-refractivity contribution in [2.45, 2.75) is 17.5 Å². The fraction of sp³-hybridized carbons (Fsp3) is 0.348. The normalized spacial score (nSPS) is 16.2. The summed E-state index contributed by atoms with van der Waals surface area (Å²) in [4.78, 5) is 10.5. The van der Waals surface area contributed by atoms with Crippen LogP contribution in [0.4, 0.5) is 5.69 Å². The van der Waals surface area contributed by atoms with Gasteiger partial charge in [0.15, 0.2) is 0 Å². The Morgan fingerprint density at radius 2 is 1.76 bits per heavy atom. The average Bonchev–Trinajstić information content (AvgIpc) is 3.20. The molecular weight excluding hydrogens is 380 g/mol. The monoisotopic (exact) mass is 408 g/mol. The van der Waals surface area contributed by atoms with Gasteiger partial charge in [0.1, 0.15) is 11.9 Å². The molecule has 2 heterocycles. The number of para-hydroxylation sites is 1. The van der Waals surface area contributed by atoms with Crippen LogP contribution < -0.4 is 4.90 Å². The van der Waals surface area contributed by atoms with Gasteiger partial charge in [0.2, 0.25) is 0 Å². The maximum absolute atomic E-state index is 10.9. The number of hydrogen-bond acceptors (Lipinski definition) is 5. The van der Waals surface area contributed by atoms with Crippen molar-refractivity contribution in [3.8, 4) is 0 Å². The Balaban J connectivity index is 1.43. The molecule has 0 saturated carbocycles. The SMILES string of the molecule is CSc1ccc(CN2CCN(c3ccccc3[C@@H](O)c3nccn3C)CC2)cc1. The molecule has 1 fully saturated rings. The predicted octanol–water partition coefficient (Wildman–Crippen LogP) is 3.55. The number of imidazole rings is 1. The fourth-order valence-corrected chi connectivity index (χ4v) is 4.33. The summed E-state index contributed by atoms with van der Waals surface area (Å²) in [6.07, 6.45) is 4.98. The lowest BCUT2D eigenvalue weighted by Gasteiger charge is -2.37. The maximum Gasteiger partial charge on any atom is 0.142 e. The number of piperazine rings is 1. The van der Waals surface area contributed by atoms with Crippen LogP contribution in [-0.4, -0.2) is 52.0 Å². The van der Waals surface area contributed by atoms with Gasteiger partial charge in [0.05, 0.1) is 0 Å². The minimum atomic E-state index is -0.723. The molecule has 0 aliphatic carbocycles. The van der Waals surface area contributed by atoms with Crippen molar-refractivity contribution in [3.05, 3.63) is 77.9 Å². The molecule has 4 rings (SSSR count). The molecule has 2 aromatic carbocycles. The molecule has 1 atom stereocenters. The highest BCUT2D eigenvalue weighted by Gasteiger charge is 2.23. The van der Waals surface area contributed by atoms with Crippen LogP contribution in [0, 0.1) is 0 Å². The van der Waals surface area contributed by atoms with Gasteiger partial charge in [-0.1, -0.05) is 30.3 Å². The summed E-state index contributed by atoms with van der Waals surface area (Å²) in [7, 11) is 1.92. The average molecular weight is 409 g/mol. The molecular formula is C23H28N4OS. The molecule has 1 N–H and O–H groups in total. The Morgan fingerprint density at radius 3 is 2.41 bits per heavy atom. The van der Waals surface area contributed by atoms with Crippen LogP contribution in [0.3, 0.4) is 0 Å². The zero-order valence-electron chi connectivity index (χ0n) is 17.0. The van der Waals surface area contributed by atoms with E-state index in [1.54, 1.807) is 18.0 Å². The zero-order chi connectivity index (χ0) is 20.2. The molecule has 1 saturated heterocycles. The highest BCUT2D eigenvalue weighted by molar-refractivity contribution is 7.98. The molecule has 1 aliphatic rings. The Bertz CT molecular complexity index is 932. The second-order valence-corrected chi connectivity index (χ2v) is 8.35. The minimum Gasteiger partial charge on any atom is -0.380 e. The molecule has 152 valence electrons. The van der Waals surface area contributed by atoms with E-state index in [1.807, 2.05) is 36.0 Å². The Kier molecular flexibility index (Phi) is 6.23. The Morgan fingerprint density at radius 1 is 1.03 bits per heavy atom. The summed E-state index contributed by atoms with van der Waals surface area (Å²) in [5.41, 5.74) is 3.39. The molecule has 1 aromatic heterocycles. The van der Waals surface area contributed by atoms with Crippen LogP contribution in [0.5, 0.6) is 0 Å². The van der Waals surface area contributed by atoms with E-state index in [9.17, 15) is 5.11 Å². The van der Waals surface area contributed by atoms with E-state index in [0.717, 1.165) is 44.0 Å². The number of aryl methyl sites for hydroxylation is 1. The van der Waals surface area contributed by atoms with Crippen LogP contribution in [0.2, 0.25) is 0 Å². The van der Waals surface area contributed by atoms with Crippen molar-refractivity contribution >= 4 is 17.4 Å². The lowest BCUT2D eigenvalue weighted by atomic mass is 10.0. The third-order valence-electron chi connectivity index (χ3n) is 5.61. The van der Waals surface area contributed by atoms with Gasteiger partial charge in [-0.2, -0.15) is 0 Å². The van der Waals surface area contributed by atoms with E-state index in [-0.39, 0.29) is 0 Å². The Labute approximate surface area is 177 Å². The number of thioether (sulfide) groups is 1. The summed E-state index contributed by atoms with van der Waals surface area (Å²) in [6, 6.07) is 17.0. The van der Waals surface area contributed by atoms with Crippen molar-refractivity contribution in [2.75, 3.05) is 37.3 Å². The molecule has 29 heavy (non-hydrogen) atoms. The number of benzene rings is 2. The number of nitrogens with zero attached hydrogens (tertiary/aromatic N) is 4. The summed E-state index contributed by atoms with van der Waals surface area (Å²) in [5.74, 6) is 0.671. The van der Waals surface area contributed by atoms with E-state index < -0.39 is 6.10 Å². The summed E-state index contributed by atoms with van der Waals surface area (Å²) in [6.45, 7) is 4.91. The minimum absolute atomic E-state index is 0.671. The van der Waals surface area contributed by atoms with E-state index in [4.69, 9.17) is 0 Å². The lowest BCUT2D eigenvalue weighted by Crippen LogP contribution is -2.46. The van der Waals surface area contributed by atoms with Gasteiger partial charge in [-0.05, 0) is 30.0 Å². The van der Waals surface area contributed by atoms with Crippen LogP contribution >= 0.6 is 11.8 Å². The van der Waals surface area contributed by atoms with Crippen molar-refractivity contribution in [1.29, 1.82) is 0 Å². The zero-order valence-corrected chi connectivity index (χ0v) is 17.8. The van der Waals surface area contributed by atoms with Gasteiger partial charge in [-0.15, -0.1) is 11.8 Å². The first-order chi connectivity index (χ1) is 14.2. The summed E-state index contributed by atoms with van der Waals surface area (Å²) >= 11 is 1.78. The molecule has 0 amide bonds. The second-order valence-electron chi connectivity index (χ2n) is 7.47. The van der Waals surface area contributed by atoms with Gasteiger partial charge in [0, 0.05) is 68.3 Å². The molecule has 0 spiro atoms. The fourth-order valence-electron chi connectivity index (χ4n) is 3.92. The van der Waals surface area contributed by atoms with Gasteiger partial charge < -0.3 is 14.6 Å². The molecule has 0 bridgehead atoms. The van der Waals surface area contributed by atoms with E-state index >= 15 is 0 Å². The predicted molar refractivity (Wildman–Crippen MR) is 119 cm³/mol. The first kappa shape index (κ1) is 20.0. The third kappa shape index (κ3) is 4.50.